The molecule has 0 aromatic heterocycles. The van der Waals surface area contributed by atoms with Crippen LogP contribution in [-0.2, 0) is 4.74 Å². The molecule has 0 saturated carbocycles. The van der Waals surface area contributed by atoms with Crippen molar-refractivity contribution in [2.45, 2.75) is 71.4 Å². The van der Waals surface area contributed by atoms with Crippen LogP contribution in [0.15, 0.2) is 0 Å². The van der Waals surface area contributed by atoms with Crippen LogP contribution >= 0.6 is 0 Å². The third kappa shape index (κ3) is 9.26. The molecule has 1 heterocycles. The Bertz CT molecular complexity index is 316. The Hall–Kier alpha value is -0.810. The van der Waals surface area contributed by atoms with E-state index in [9.17, 15) is 4.79 Å². The highest BCUT2D eigenvalue weighted by Crippen LogP contribution is 2.15. The quantitative estimate of drug-likeness (QED) is 0.677. The Morgan fingerprint density at radius 2 is 1.91 bits per heavy atom. The minimum atomic E-state index is -0.423. The number of carbonyl (C=O) groups is 1. The zero-order chi connectivity index (χ0) is 16.4. The molecule has 1 saturated heterocycles. The minimum Gasteiger partial charge on any atom is -0.444 e. The molecular formula is C17H35N3O2. The molecule has 0 radical (unpaired) electrons. The summed E-state index contributed by atoms with van der Waals surface area (Å²) in [5.74, 6) is 0. The lowest BCUT2D eigenvalue weighted by molar-refractivity contribution is 0.0527. The number of ether oxygens (including phenoxy) is 1. The maximum atomic E-state index is 11.4. The van der Waals surface area contributed by atoms with Gasteiger partial charge in [-0.3, -0.25) is 0 Å². The number of carbonyl (C=O) groups excluding carboxylic acids is 1. The molecule has 1 rings (SSSR count). The zero-order valence-corrected chi connectivity index (χ0v) is 14.9. The van der Waals surface area contributed by atoms with Crippen molar-refractivity contribution in [2.24, 2.45) is 0 Å². The van der Waals surface area contributed by atoms with Crippen LogP contribution in [0.1, 0.15) is 59.8 Å². The van der Waals surface area contributed by atoms with Crippen molar-refractivity contribution in [3.05, 3.63) is 0 Å². The summed E-state index contributed by atoms with van der Waals surface area (Å²) in [4.78, 5) is 14.0. The number of rotatable bonds is 8. The fourth-order valence-electron chi connectivity index (χ4n) is 2.74. The molecule has 22 heavy (non-hydrogen) atoms. The Balaban J connectivity index is 1.90. The van der Waals surface area contributed by atoms with Gasteiger partial charge < -0.3 is 20.3 Å². The normalized spacial score (nSPS) is 19.9. The molecular weight excluding hydrogens is 278 g/mol. The molecule has 1 fully saturated rings. The summed E-state index contributed by atoms with van der Waals surface area (Å²) in [5.41, 5.74) is -0.423. The Labute approximate surface area is 136 Å². The van der Waals surface area contributed by atoms with Crippen LogP contribution in [0.25, 0.3) is 0 Å². The van der Waals surface area contributed by atoms with Gasteiger partial charge in [0.25, 0.3) is 0 Å². The summed E-state index contributed by atoms with van der Waals surface area (Å²) in [6.07, 6.45) is 5.90. The molecule has 1 aliphatic heterocycles. The van der Waals surface area contributed by atoms with E-state index in [2.05, 4.69) is 22.5 Å². The Kier molecular flexibility index (Phi) is 8.79. The van der Waals surface area contributed by atoms with Gasteiger partial charge in [0.05, 0.1) is 0 Å². The average molecular weight is 313 g/mol. The van der Waals surface area contributed by atoms with Crippen molar-refractivity contribution < 1.29 is 9.53 Å². The largest absolute Gasteiger partial charge is 0.444 e. The number of nitrogens with one attached hydrogen (secondary N) is 2. The second-order valence-corrected chi connectivity index (χ2v) is 7.27. The summed E-state index contributed by atoms with van der Waals surface area (Å²) in [6, 6.07) is 0.756. The lowest BCUT2D eigenvalue weighted by Crippen LogP contribution is -2.39. The third-order valence-electron chi connectivity index (χ3n) is 3.94. The van der Waals surface area contributed by atoms with E-state index < -0.39 is 5.60 Å². The molecule has 5 nitrogen and oxygen atoms in total. The number of alkyl carbamates (subject to hydrolysis) is 1. The Morgan fingerprint density at radius 1 is 1.18 bits per heavy atom. The van der Waals surface area contributed by atoms with Gasteiger partial charge >= 0.3 is 6.09 Å². The van der Waals surface area contributed by atoms with Gasteiger partial charge in [-0.15, -0.1) is 0 Å². The molecule has 0 bridgehead atoms. The van der Waals surface area contributed by atoms with Gasteiger partial charge in [0.15, 0.2) is 0 Å². The number of piperidine rings is 1. The summed E-state index contributed by atoms with van der Waals surface area (Å²) in [6.45, 7) is 13.1. The highest BCUT2D eigenvalue weighted by atomic mass is 16.6. The maximum absolute atomic E-state index is 11.4. The lowest BCUT2D eigenvalue weighted by Gasteiger charge is -2.33. The first-order chi connectivity index (χ1) is 10.4. The topological polar surface area (TPSA) is 53.6 Å². The fourth-order valence-corrected chi connectivity index (χ4v) is 2.74. The highest BCUT2D eigenvalue weighted by molar-refractivity contribution is 5.67. The van der Waals surface area contributed by atoms with Gasteiger partial charge in [-0.2, -0.15) is 0 Å². The van der Waals surface area contributed by atoms with E-state index in [-0.39, 0.29) is 6.09 Å². The lowest BCUT2D eigenvalue weighted by atomic mass is 10.0. The Morgan fingerprint density at radius 3 is 2.59 bits per heavy atom. The van der Waals surface area contributed by atoms with E-state index >= 15 is 0 Å². The first kappa shape index (κ1) is 19.2. The number of nitrogens with zero attached hydrogens (tertiary/aromatic N) is 1. The second-order valence-electron chi connectivity index (χ2n) is 7.27. The molecule has 1 atom stereocenters. The molecule has 1 unspecified atom stereocenters. The number of amides is 1. The first-order valence-corrected chi connectivity index (χ1v) is 8.80. The highest BCUT2D eigenvalue weighted by Gasteiger charge is 2.17. The fraction of sp³-hybridized carbons (Fsp3) is 0.941. The van der Waals surface area contributed by atoms with Crippen molar-refractivity contribution in [2.75, 3.05) is 32.7 Å². The second kappa shape index (κ2) is 10.1. The van der Waals surface area contributed by atoms with Crippen molar-refractivity contribution in [1.82, 2.24) is 15.5 Å². The van der Waals surface area contributed by atoms with Gasteiger partial charge in [0, 0.05) is 12.6 Å². The van der Waals surface area contributed by atoms with Crippen LogP contribution in [-0.4, -0.2) is 55.4 Å². The molecule has 0 aliphatic carbocycles. The molecule has 5 heteroatoms. The van der Waals surface area contributed by atoms with Gasteiger partial charge in [0.1, 0.15) is 5.60 Å². The summed E-state index contributed by atoms with van der Waals surface area (Å²) in [5, 5.41) is 6.22. The van der Waals surface area contributed by atoms with Crippen LogP contribution in [0.2, 0.25) is 0 Å². The summed E-state index contributed by atoms with van der Waals surface area (Å²) in [7, 11) is 0. The van der Waals surface area contributed by atoms with Crippen molar-refractivity contribution in [1.29, 1.82) is 0 Å². The van der Waals surface area contributed by atoms with Gasteiger partial charge in [-0.05, 0) is 79.6 Å². The molecule has 130 valence electrons. The van der Waals surface area contributed by atoms with E-state index in [0.29, 0.717) is 6.54 Å². The van der Waals surface area contributed by atoms with Crippen LogP contribution in [0.5, 0.6) is 0 Å². The third-order valence-corrected chi connectivity index (χ3v) is 3.94. The molecule has 0 aromatic carbocycles. The van der Waals surface area contributed by atoms with Gasteiger partial charge in [0.2, 0.25) is 0 Å². The standard InChI is InChI=1S/C17H35N3O2/c1-15-9-5-6-13-20(15)14-8-11-18-10-7-12-19-16(21)22-17(2,3)4/h15,18H,5-14H2,1-4H3,(H,19,21). The number of hydrogen-bond donors (Lipinski definition) is 2. The van der Waals surface area contributed by atoms with E-state index in [1.165, 1.54) is 38.8 Å². The molecule has 1 aliphatic rings. The van der Waals surface area contributed by atoms with E-state index in [1.807, 2.05) is 20.8 Å². The summed E-state index contributed by atoms with van der Waals surface area (Å²) >= 11 is 0. The van der Waals surface area contributed by atoms with E-state index in [0.717, 1.165) is 25.6 Å². The van der Waals surface area contributed by atoms with E-state index in [1.54, 1.807) is 0 Å². The first-order valence-electron chi connectivity index (χ1n) is 8.80. The van der Waals surface area contributed by atoms with Crippen LogP contribution in [0.3, 0.4) is 0 Å². The maximum Gasteiger partial charge on any atom is 0.407 e. The molecule has 0 spiro atoms. The summed E-state index contributed by atoms with van der Waals surface area (Å²) < 4.78 is 5.18. The number of likely N-dealkylation sites (tertiary alicyclic amines) is 1. The van der Waals surface area contributed by atoms with Crippen molar-refractivity contribution in [3.8, 4) is 0 Å². The predicted molar refractivity (Wildman–Crippen MR) is 91.2 cm³/mol. The number of hydrogen-bond acceptors (Lipinski definition) is 4. The van der Waals surface area contributed by atoms with Crippen molar-refractivity contribution in [3.63, 3.8) is 0 Å². The molecule has 0 aromatic rings. The molecule has 1 amide bonds. The smallest absolute Gasteiger partial charge is 0.407 e. The van der Waals surface area contributed by atoms with Crippen molar-refractivity contribution >= 4 is 6.09 Å². The van der Waals surface area contributed by atoms with Gasteiger partial charge in [-0.1, -0.05) is 6.42 Å². The SMILES string of the molecule is CC1CCCCN1CCCNCCCNC(=O)OC(C)(C)C. The van der Waals surface area contributed by atoms with Crippen LogP contribution < -0.4 is 10.6 Å². The van der Waals surface area contributed by atoms with Crippen LogP contribution in [0.4, 0.5) is 4.79 Å². The van der Waals surface area contributed by atoms with Crippen LogP contribution in [0, 0.1) is 0 Å². The van der Waals surface area contributed by atoms with Gasteiger partial charge in [-0.25, -0.2) is 4.79 Å². The average Bonchev–Trinajstić information content (AvgIpc) is 2.41. The predicted octanol–water partition coefficient (Wildman–Crippen LogP) is 2.76. The zero-order valence-electron chi connectivity index (χ0n) is 14.9. The molecule has 2 N–H and O–H groups in total. The minimum absolute atomic E-state index is 0.327. The van der Waals surface area contributed by atoms with E-state index in [4.69, 9.17) is 4.74 Å². The monoisotopic (exact) mass is 313 g/mol.